The van der Waals surface area contributed by atoms with Crippen LogP contribution in [-0.4, -0.2) is 43.7 Å². The molecule has 3 heteroatoms. The normalized spacial score (nSPS) is 24.5. The van der Waals surface area contributed by atoms with E-state index in [1.807, 2.05) is 0 Å². The molecule has 0 aromatic heterocycles. The summed E-state index contributed by atoms with van der Waals surface area (Å²) in [7, 11) is 0. The second-order valence-electron chi connectivity index (χ2n) is 6.16. The van der Waals surface area contributed by atoms with E-state index in [0.717, 1.165) is 18.5 Å². The van der Waals surface area contributed by atoms with Crippen LogP contribution in [0.2, 0.25) is 0 Å². The topological polar surface area (TPSA) is 41.3 Å². The molecular weight excluding hydrogens is 222 g/mol. The Hall–Kier alpha value is -0.120. The Morgan fingerprint density at radius 2 is 1.72 bits per heavy atom. The summed E-state index contributed by atoms with van der Waals surface area (Å²) in [5.74, 6) is 0.793. The van der Waals surface area contributed by atoms with Crippen LogP contribution in [0.25, 0.3) is 0 Å². The minimum absolute atomic E-state index is 0.793. The van der Waals surface area contributed by atoms with Gasteiger partial charge in [-0.15, -0.1) is 0 Å². The highest BCUT2D eigenvalue weighted by Gasteiger charge is 2.17. The van der Waals surface area contributed by atoms with E-state index in [9.17, 15) is 0 Å². The molecule has 1 saturated carbocycles. The summed E-state index contributed by atoms with van der Waals surface area (Å²) in [4.78, 5) is 2.62. The molecule has 0 atom stereocenters. The van der Waals surface area contributed by atoms with E-state index >= 15 is 0 Å². The SMILES string of the molecule is NCC1CCN(CCCNC2CCCCC2)CC1. The van der Waals surface area contributed by atoms with Crippen molar-refractivity contribution in [1.82, 2.24) is 10.2 Å². The van der Waals surface area contributed by atoms with Crippen molar-refractivity contribution in [1.29, 1.82) is 0 Å². The molecule has 2 fully saturated rings. The van der Waals surface area contributed by atoms with Crippen LogP contribution in [0, 0.1) is 5.92 Å². The first kappa shape index (κ1) is 14.3. The van der Waals surface area contributed by atoms with Gasteiger partial charge in [-0.05, 0) is 70.7 Å². The van der Waals surface area contributed by atoms with Gasteiger partial charge in [0.25, 0.3) is 0 Å². The molecule has 1 saturated heterocycles. The Labute approximate surface area is 112 Å². The zero-order valence-electron chi connectivity index (χ0n) is 11.9. The maximum Gasteiger partial charge on any atom is 0.00670 e. The summed E-state index contributed by atoms with van der Waals surface area (Å²) in [5.41, 5.74) is 5.72. The number of nitrogens with one attached hydrogen (secondary N) is 1. The molecule has 2 rings (SSSR count). The first-order valence-corrected chi connectivity index (χ1v) is 8.04. The molecule has 1 heterocycles. The third kappa shape index (κ3) is 4.87. The fourth-order valence-electron chi connectivity index (χ4n) is 3.36. The number of piperidine rings is 1. The summed E-state index contributed by atoms with van der Waals surface area (Å²) in [6, 6.07) is 0.821. The molecule has 1 aliphatic carbocycles. The molecule has 0 unspecified atom stereocenters. The molecule has 0 amide bonds. The lowest BCUT2D eigenvalue weighted by atomic mass is 9.95. The maximum atomic E-state index is 5.72. The van der Waals surface area contributed by atoms with Crippen molar-refractivity contribution in [2.75, 3.05) is 32.7 Å². The van der Waals surface area contributed by atoms with Crippen LogP contribution < -0.4 is 11.1 Å². The van der Waals surface area contributed by atoms with E-state index in [-0.39, 0.29) is 0 Å². The van der Waals surface area contributed by atoms with Crippen LogP contribution in [0.15, 0.2) is 0 Å². The van der Waals surface area contributed by atoms with Gasteiger partial charge in [0.1, 0.15) is 0 Å². The molecule has 0 bridgehead atoms. The molecule has 0 spiro atoms. The molecule has 3 N–H and O–H groups in total. The fourth-order valence-corrected chi connectivity index (χ4v) is 3.36. The van der Waals surface area contributed by atoms with Crippen LogP contribution in [0.5, 0.6) is 0 Å². The number of nitrogens with zero attached hydrogens (tertiary/aromatic N) is 1. The van der Waals surface area contributed by atoms with Gasteiger partial charge in [-0.2, -0.15) is 0 Å². The third-order valence-corrected chi connectivity index (χ3v) is 4.73. The Morgan fingerprint density at radius 3 is 2.39 bits per heavy atom. The molecule has 106 valence electrons. The molecule has 1 aliphatic heterocycles. The molecule has 2 aliphatic rings. The van der Waals surface area contributed by atoms with E-state index in [2.05, 4.69) is 10.2 Å². The predicted octanol–water partition coefficient (Wildman–Crippen LogP) is 1.97. The number of hydrogen-bond donors (Lipinski definition) is 2. The Bertz CT molecular complexity index is 206. The standard InChI is InChI=1S/C15H31N3/c16-13-14-7-11-18(12-8-14)10-4-9-17-15-5-2-1-3-6-15/h14-15,17H,1-13,16H2. The average molecular weight is 253 g/mol. The van der Waals surface area contributed by atoms with E-state index in [0.29, 0.717) is 0 Å². The Morgan fingerprint density at radius 1 is 1.00 bits per heavy atom. The fraction of sp³-hybridized carbons (Fsp3) is 1.00. The van der Waals surface area contributed by atoms with Crippen molar-refractivity contribution >= 4 is 0 Å². The molecule has 0 radical (unpaired) electrons. The van der Waals surface area contributed by atoms with Crippen LogP contribution in [0.4, 0.5) is 0 Å². The van der Waals surface area contributed by atoms with Crippen molar-refractivity contribution < 1.29 is 0 Å². The smallest absolute Gasteiger partial charge is 0.00670 e. The summed E-state index contributed by atoms with van der Waals surface area (Å²) < 4.78 is 0. The van der Waals surface area contributed by atoms with Crippen molar-refractivity contribution in [3.63, 3.8) is 0 Å². The van der Waals surface area contributed by atoms with Gasteiger partial charge in [0, 0.05) is 6.04 Å². The second kappa shape index (κ2) is 8.13. The van der Waals surface area contributed by atoms with Crippen molar-refractivity contribution in [2.24, 2.45) is 11.7 Å². The van der Waals surface area contributed by atoms with Crippen molar-refractivity contribution in [2.45, 2.75) is 57.4 Å². The minimum Gasteiger partial charge on any atom is -0.330 e. The van der Waals surface area contributed by atoms with Gasteiger partial charge in [-0.3, -0.25) is 0 Å². The van der Waals surface area contributed by atoms with E-state index in [1.54, 1.807) is 0 Å². The lowest BCUT2D eigenvalue weighted by Gasteiger charge is -2.31. The largest absolute Gasteiger partial charge is 0.330 e. The van der Waals surface area contributed by atoms with Gasteiger partial charge in [-0.25, -0.2) is 0 Å². The van der Waals surface area contributed by atoms with Gasteiger partial charge < -0.3 is 16.0 Å². The molecule has 0 aromatic rings. The zero-order valence-corrected chi connectivity index (χ0v) is 11.9. The lowest BCUT2D eigenvalue weighted by molar-refractivity contribution is 0.184. The van der Waals surface area contributed by atoms with Crippen LogP contribution in [0.3, 0.4) is 0 Å². The number of likely N-dealkylation sites (tertiary alicyclic amines) is 1. The average Bonchev–Trinajstić information content (AvgIpc) is 2.45. The maximum absolute atomic E-state index is 5.72. The van der Waals surface area contributed by atoms with Gasteiger partial charge in [-0.1, -0.05) is 19.3 Å². The van der Waals surface area contributed by atoms with Gasteiger partial charge >= 0.3 is 0 Å². The van der Waals surface area contributed by atoms with Crippen LogP contribution in [0.1, 0.15) is 51.4 Å². The monoisotopic (exact) mass is 253 g/mol. The van der Waals surface area contributed by atoms with Crippen LogP contribution in [-0.2, 0) is 0 Å². The summed E-state index contributed by atoms with van der Waals surface area (Å²) in [6.45, 7) is 5.91. The summed E-state index contributed by atoms with van der Waals surface area (Å²) >= 11 is 0. The number of hydrogen-bond acceptors (Lipinski definition) is 3. The van der Waals surface area contributed by atoms with E-state index < -0.39 is 0 Å². The lowest BCUT2D eigenvalue weighted by Crippen LogP contribution is -2.38. The summed E-state index contributed by atoms with van der Waals surface area (Å²) in [5, 5.41) is 3.73. The third-order valence-electron chi connectivity index (χ3n) is 4.73. The van der Waals surface area contributed by atoms with E-state index in [1.165, 1.54) is 77.5 Å². The minimum atomic E-state index is 0.793. The number of rotatable bonds is 6. The molecule has 3 nitrogen and oxygen atoms in total. The predicted molar refractivity (Wildman–Crippen MR) is 77.7 cm³/mol. The molecular formula is C15H31N3. The highest BCUT2D eigenvalue weighted by atomic mass is 15.1. The van der Waals surface area contributed by atoms with Gasteiger partial charge in [0.15, 0.2) is 0 Å². The summed E-state index contributed by atoms with van der Waals surface area (Å²) in [6.07, 6.45) is 11.1. The first-order valence-electron chi connectivity index (χ1n) is 8.04. The second-order valence-corrected chi connectivity index (χ2v) is 6.16. The van der Waals surface area contributed by atoms with Gasteiger partial charge in [0.2, 0.25) is 0 Å². The van der Waals surface area contributed by atoms with Crippen molar-refractivity contribution in [3.8, 4) is 0 Å². The molecule has 0 aromatic carbocycles. The first-order chi connectivity index (χ1) is 8.88. The quantitative estimate of drug-likeness (QED) is 0.711. The van der Waals surface area contributed by atoms with Crippen molar-refractivity contribution in [3.05, 3.63) is 0 Å². The zero-order chi connectivity index (χ0) is 12.6. The van der Waals surface area contributed by atoms with E-state index in [4.69, 9.17) is 5.73 Å². The Kier molecular flexibility index (Phi) is 6.46. The molecule has 18 heavy (non-hydrogen) atoms. The highest BCUT2D eigenvalue weighted by molar-refractivity contribution is 4.74. The van der Waals surface area contributed by atoms with Crippen LogP contribution >= 0.6 is 0 Å². The van der Waals surface area contributed by atoms with Gasteiger partial charge in [0.05, 0.1) is 0 Å². The Balaban J connectivity index is 1.48. The number of nitrogens with two attached hydrogens (primary N) is 1. The highest BCUT2D eigenvalue weighted by Crippen LogP contribution is 2.18.